The summed E-state index contributed by atoms with van der Waals surface area (Å²) in [4.78, 5) is 12.4. The van der Waals surface area contributed by atoms with Crippen LogP contribution in [0.2, 0.25) is 0 Å². The van der Waals surface area contributed by atoms with Gasteiger partial charge < -0.3 is 14.6 Å². The molecule has 0 aliphatic carbocycles. The van der Waals surface area contributed by atoms with E-state index in [0.717, 1.165) is 23.1 Å². The number of hydrogen-bond acceptors (Lipinski definition) is 5. The van der Waals surface area contributed by atoms with Crippen molar-refractivity contribution in [2.45, 2.75) is 30.8 Å². The Bertz CT molecular complexity index is 849. The third kappa shape index (κ3) is 4.64. The van der Waals surface area contributed by atoms with Gasteiger partial charge in [-0.1, -0.05) is 30.0 Å². The molecule has 7 heteroatoms. The number of para-hydroxylation sites is 1. The number of carbonyl (C=O) groups is 1. The van der Waals surface area contributed by atoms with Crippen LogP contribution in [-0.2, 0) is 11.3 Å². The highest BCUT2D eigenvalue weighted by Gasteiger charge is 2.17. The number of aromatic nitrogens is 3. The Morgan fingerprint density at radius 3 is 2.54 bits per heavy atom. The van der Waals surface area contributed by atoms with E-state index in [1.54, 1.807) is 6.33 Å². The highest BCUT2D eigenvalue weighted by atomic mass is 32.2. The Labute approximate surface area is 156 Å². The minimum atomic E-state index is -0.287. The van der Waals surface area contributed by atoms with Gasteiger partial charge in [0.25, 0.3) is 0 Å². The average molecular weight is 368 g/mol. The number of nitrogens with one attached hydrogen (secondary N) is 1. The standard InChI is InChI=1S/C19H20N4O2S/c1-3-23-13-20-22-19(23)26-14(2)18(24)21-15-9-11-17(12-10-15)25-16-7-5-4-6-8-16/h4-14H,3H2,1-2H3,(H,21,24)/t14-/m0/s1. The molecule has 2 aromatic carbocycles. The van der Waals surface area contributed by atoms with Gasteiger partial charge in [0.1, 0.15) is 17.8 Å². The fourth-order valence-corrected chi connectivity index (χ4v) is 3.13. The van der Waals surface area contributed by atoms with Gasteiger partial charge >= 0.3 is 0 Å². The molecule has 1 aromatic heterocycles. The van der Waals surface area contributed by atoms with Gasteiger partial charge in [0.2, 0.25) is 5.91 Å². The molecule has 0 unspecified atom stereocenters. The summed E-state index contributed by atoms with van der Waals surface area (Å²) in [6.07, 6.45) is 1.67. The van der Waals surface area contributed by atoms with Crippen LogP contribution in [0.5, 0.6) is 11.5 Å². The number of nitrogens with zero attached hydrogens (tertiary/aromatic N) is 3. The Morgan fingerprint density at radius 1 is 1.15 bits per heavy atom. The number of aryl methyl sites for hydroxylation is 1. The van der Waals surface area contributed by atoms with E-state index in [1.807, 2.05) is 73.0 Å². The molecule has 0 fully saturated rings. The van der Waals surface area contributed by atoms with Crippen LogP contribution in [0.25, 0.3) is 0 Å². The largest absolute Gasteiger partial charge is 0.457 e. The fraction of sp³-hybridized carbons (Fsp3) is 0.211. The maximum Gasteiger partial charge on any atom is 0.237 e. The monoisotopic (exact) mass is 368 g/mol. The Hall–Kier alpha value is -2.80. The minimum absolute atomic E-state index is 0.0858. The predicted molar refractivity (Wildman–Crippen MR) is 103 cm³/mol. The van der Waals surface area contributed by atoms with Gasteiger partial charge in [-0.3, -0.25) is 4.79 Å². The first-order valence-corrected chi connectivity index (χ1v) is 9.22. The average Bonchev–Trinajstić information content (AvgIpc) is 3.11. The van der Waals surface area contributed by atoms with E-state index in [1.165, 1.54) is 11.8 Å². The molecule has 6 nitrogen and oxygen atoms in total. The first-order chi connectivity index (χ1) is 12.7. The molecule has 0 saturated carbocycles. The molecular formula is C19H20N4O2S. The smallest absolute Gasteiger partial charge is 0.237 e. The number of thioether (sulfide) groups is 1. The minimum Gasteiger partial charge on any atom is -0.457 e. The van der Waals surface area contributed by atoms with E-state index in [9.17, 15) is 4.79 Å². The summed E-state index contributed by atoms with van der Waals surface area (Å²) >= 11 is 1.39. The molecule has 134 valence electrons. The number of ether oxygens (including phenoxy) is 1. The zero-order valence-corrected chi connectivity index (χ0v) is 15.4. The summed E-state index contributed by atoms with van der Waals surface area (Å²) in [7, 11) is 0. The molecule has 26 heavy (non-hydrogen) atoms. The summed E-state index contributed by atoms with van der Waals surface area (Å²) in [5, 5.41) is 11.3. The molecule has 1 N–H and O–H groups in total. The second kappa shape index (κ2) is 8.53. The number of benzene rings is 2. The van der Waals surface area contributed by atoms with Gasteiger partial charge in [0.05, 0.1) is 5.25 Å². The van der Waals surface area contributed by atoms with Crippen molar-refractivity contribution in [3.63, 3.8) is 0 Å². The van der Waals surface area contributed by atoms with E-state index >= 15 is 0 Å². The van der Waals surface area contributed by atoms with Crippen LogP contribution < -0.4 is 10.1 Å². The SMILES string of the molecule is CCn1cnnc1S[C@@H](C)C(=O)Nc1ccc(Oc2ccccc2)cc1. The van der Waals surface area contributed by atoms with E-state index in [-0.39, 0.29) is 11.2 Å². The van der Waals surface area contributed by atoms with Gasteiger partial charge in [-0.05, 0) is 50.2 Å². The van der Waals surface area contributed by atoms with Crippen LogP contribution in [0.15, 0.2) is 66.1 Å². The van der Waals surface area contributed by atoms with Crippen LogP contribution in [0.4, 0.5) is 5.69 Å². The number of hydrogen-bond donors (Lipinski definition) is 1. The van der Waals surface area contributed by atoms with Crippen LogP contribution >= 0.6 is 11.8 Å². The fourth-order valence-electron chi connectivity index (χ4n) is 2.24. The van der Waals surface area contributed by atoms with E-state index < -0.39 is 0 Å². The van der Waals surface area contributed by atoms with Crippen molar-refractivity contribution in [2.24, 2.45) is 0 Å². The molecule has 3 rings (SSSR count). The van der Waals surface area contributed by atoms with Crippen LogP contribution in [0, 0.1) is 0 Å². The molecule has 0 bridgehead atoms. The lowest BCUT2D eigenvalue weighted by molar-refractivity contribution is -0.115. The van der Waals surface area contributed by atoms with Gasteiger partial charge in [0, 0.05) is 12.2 Å². The summed E-state index contributed by atoms with van der Waals surface area (Å²) in [5.74, 6) is 1.40. The number of rotatable bonds is 7. The lowest BCUT2D eigenvalue weighted by Gasteiger charge is -2.12. The topological polar surface area (TPSA) is 69.0 Å². The normalized spacial score (nSPS) is 11.8. The lowest BCUT2D eigenvalue weighted by Crippen LogP contribution is -2.22. The summed E-state index contributed by atoms with van der Waals surface area (Å²) in [6.45, 7) is 4.63. The van der Waals surface area contributed by atoms with Crippen LogP contribution in [0.3, 0.4) is 0 Å². The van der Waals surface area contributed by atoms with E-state index in [4.69, 9.17) is 4.74 Å². The van der Waals surface area contributed by atoms with Crippen molar-refractivity contribution >= 4 is 23.4 Å². The molecule has 1 heterocycles. The van der Waals surface area contributed by atoms with Crippen molar-refractivity contribution in [1.82, 2.24) is 14.8 Å². The highest BCUT2D eigenvalue weighted by molar-refractivity contribution is 8.00. The number of anilines is 1. The van der Waals surface area contributed by atoms with E-state index in [2.05, 4.69) is 15.5 Å². The van der Waals surface area contributed by atoms with Gasteiger partial charge in [-0.2, -0.15) is 0 Å². The number of carbonyl (C=O) groups excluding carboxylic acids is 1. The molecule has 3 aromatic rings. The van der Waals surface area contributed by atoms with Crippen molar-refractivity contribution < 1.29 is 9.53 Å². The third-order valence-corrected chi connectivity index (χ3v) is 4.77. The van der Waals surface area contributed by atoms with Crippen molar-refractivity contribution in [2.75, 3.05) is 5.32 Å². The molecule has 0 aliphatic heterocycles. The Kier molecular flexibility index (Phi) is 5.91. The molecular weight excluding hydrogens is 348 g/mol. The maximum atomic E-state index is 12.4. The maximum absolute atomic E-state index is 12.4. The second-order valence-corrected chi connectivity index (χ2v) is 6.90. The van der Waals surface area contributed by atoms with Crippen LogP contribution in [-0.4, -0.2) is 25.9 Å². The van der Waals surface area contributed by atoms with Gasteiger partial charge in [-0.25, -0.2) is 0 Å². The zero-order valence-electron chi connectivity index (χ0n) is 14.6. The van der Waals surface area contributed by atoms with Gasteiger partial charge in [-0.15, -0.1) is 10.2 Å². The second-order valence-electron chi connectivity index (χ2n) is 5.59. The molecule has 0 aliphatic rings. The van der Waals surface area contributed by atoms with Crippen LogP contribution in [0.1, 0.15) is 13.8 Å². The quantitative estimate of drug-likeness (QED) is 0.633. The van der Waals surface area contributed by atoms with E-state index in [0.29, 0.717) is 5.75 Å². The molecule has 1 amide bonds. The highest BCUT2D eigenvalue weighted by Crippen LogP contribution is 2.24. The Balaban J connectivity index is 1.57. The summed E-state index contributed by atoms with van der Waals surface area (Å²) in [5.41, 5.74) is 0.722. The third-order valence-electron chi connectivity index (χ3n) is 3.67. The molecule has 0 spiro atoms. The van der Waals surface area contributed by atoms with Crippen molar-refractivity contribution in [3.05, 3.63) is 60.9 Å². The van der Waals surface area contributed by atoms with Crippen molar-refractivity contribution in [1.29, 1.82) is 0 Å². The summed E-state index contributed by atoms with van der Waals surface area (Å²) in [6, 6.07) is 16.9. The molecule has 1 atom stereocenters. The zero-order chi connectivity index (χ0) is 18.4. The number of amides is 1. The van der Waals surface area contributed by atoms with Crippen molar-refractivity contribution in [3.8, 4) is 11.5 Å². The van der Waals surface area contributed by atoms with Gasteiger partial charge in [0.15, 0.2) is 5.16 Å². The predicted octanol–water partition coefficient (Wildman–Crippen LogP) is 4.21. The molecule has 0 saturated heterocycles. The summed E-state index contributed by atoms with van der Waals surface area (Å²) < 4.78 is 7.65. The molecule has 0 radical (unpaired) electrons. The Morgan fingerprint density at radius 2 is 1.85 bits per heavy atom. The lowest BCUT2D eigenvalue weighted by atomic mass is 10.3. The first-order valence-electron chi connectivity index (χ1n) is 8.34. The first kappa shape index (κ1) is 18.0.